The maximum absolute atomic E-state index is 10.2. The highest BCUT2D eigenvalue weighted by molar-refractivity contribution is 5.53. The molecule has 0 radical (unpaired) electrons. The SMILES string of the molecule is Cc1cc(Cc2c(C)nn(CCO)c2C)c2c(c1O)CCC2. The highest BCUT2D eigenvalue weighted by Crippen LogP contribution is 2.36. The molecule has 0 amide bonds. The molecule has 3 rings (SSSR count). The van der Waals surface area contributed by atoms with Crippen molar-refractivity contribution in [3.8, 4) is 5.75 Å². The van der Waals surface area contributed by atoms with Gasteiger partial charge in [-0.05, 0) is 62.3 Å². The molecular formula is C18H24N2O2. The number of benzene rings is 1. The fraction of sp³-hybridized carbons (Fsp3) is 0.500. The number of phenols is 1. The summed E-state index contributed by atoms with van der Waals surface area (Å²) in [5.41, 5.74) is 8.16. The number of aromatic hydroxyl groups is 1. The molecular weight excluding hydrogens is 276 g/mol. The zero-order valence-corrected chi connectivity index (χ0v) is 13.6. The van der Waals surface area contributed by atoms with E-state index in [2.05, 4.69) is 18.1 Å². The van der Waals surface area contributed by atoms with E-state index >= 15 is 0 Å². The molecule has 4 heteroatoms. The molecule has 2 N–H and O–H groups in total. The van der Waals surface area contributed by atoms with Crippen LogP contribution in [0.2, 0.25) is 0 Å². The first-order chi connectivity index (χ1) is 10.5. The van der Waals surface area contributed by atoms with Crippen molar-refractivity contribution in [1.82, 2.24) is 9.78 Å². The standard InChI is InChI=1S/C18H24N2O2/c1-11-9-14(15-5-4-6-16(15)18(11)22)10-17-12(2)19-20(7-8-21)13(17)3/h9,21-22H,4-8,10H2,1-3H3. The molecule has 0 unspecified atom stereocenters. The van der Waals surface area contributed by atoms with Crippen LogP contribution in [-0.2, 0) is 25.8 Å². The van der Waals surface area contributed by atoms with Crippen LogP contribution >= 0.6 is 0 Å². The predicted octanol–water partition coefficient (Wildman–Crippen LogP) is 2.59. The second kappa shape index (κ2) is 5.76. The molecule has 0 fully saturated rings. The normalized spacial score (nSPS) is 13.6. The lowest BCUT2D eigenvalue weighted by molar-refractivity contribution is 0.268. The average Bonchev–Trinajstić information content (AvgIpc) is 3.06. The summed E-state index contributed by atoms with van der Waals surface area (Å²) < 4.78 is 1.89. The largest absolute Gasteiger partial charge is 0.507 e. The van der Waals surface area contributed by atoms with E-state index in [0.717, 1.165) is 48.2 Å². The van der Waals surface area contributed by atoms with Gasteiger partial charge in [-0.2, -0.15) is 5.10 Å². The molecule has 22 heavy (non-hydrogen) atoms. The Labute approximate surface area is 131 Å². The minimum absolute atomic E-state index is 0.106. The van der Waals surface area contributed by atoms with Gasteiger partial charge >= 0.3 is 0 Å². The molecule has 0 saturated heterocycles. The topological polar surface area (TPSA) is 58.3 Å². The maximum atomic E-state index is 10.2. The van der Waals surface area contributed by atoms with E-state index in [0.29, 0.717) is 12.3 Å². The van der Waals surface area contributed by atoms with Crippen LogP contribution in [0.25, 0.3) is 0 Å². The summed E-state index contributed by atoms with van der Waals surface area (Å²) in [6, 6.07) is 2.13. The molecule has 1 aliphatic rings. The number of rotatable bonds is 4. The Morgan fingerprint density at radius 2 is 1.91 bits per heavy atom. The molecule has 4 nitrogen and oxygen atoms in total. The van der Waals surface area contributed by atoms with Crippen molar-refractivity contribution in [3.05, 3.63) is 45.3 Å². The van der Waals surface area contributed by atoms with Gasteiger partial charge in [-0.1, -0.05) is 6.07 Å². The first-order valence-corrected chi connectivity index (χ1v) is 7.99. The van der Waals surface area contributed by atoms with Crippen LogP contribution in [-0.4, -0.2) is 26.6 Å². The van der Waals surface area contributed by atoms with Crippen LogP contribution < -0.4 is 0 Å². The fourth-order valence-electron chi connectivity index (χ4n) is 3.66. The Balaban J connectivity index is 2.01. The van der Waals surface area contributed by atoms with E-state index < -0.39 is 0 Å². The van der Waals surface area contributed by atoms with Gasteiger partial charge in [-0.15, -0.1) is 0 Å². The number of fused-ring (bicyclic) bond motifs is 1. The molecule has 1 heterocycles. The van der Waals surface area contributed by atoms with Crippen molar-refractivity contribution >= 4 is 0 Å². The van der Waals surface area contributed by atoms with Crippen molar-refractivity contribution in [3.63, 3.8) is 0 Å². The monoisotopic (exact) mass is 300 g/mol. The van der Waals surface area contributed by atoms with Gasteiger partial charge in [0.25, 0.3) is 0 Å². The minimum atomic E-state index is 0.106. The highest BCUT2D eigenvalue weighted by atomic mass is 16.3. The van der Waals surface area contributed by atoms with Crippen molar-refractivity contribution in [1.29, 1.82) is 0 Å². The van der Waals surface area contributed by atoms with Gasteiger partial charge in [0.05, 0.1) is 18.8 Å². The zero-order chi connectivity index (χ0) is 15.9. The van der Waals surface area contributed by atoms with Gasteiger partial charge in [-0.3, -0.25) is 4.68 Å². The van der Waals surface area contributed by atoms with Crippen LogP contribution in [0.3, 0.4) is 0 Å². The van der Waals surface area contributed by atoms with Gasteiger partial charge in [0.15, 0.2) is 0 Å². The first kappa shape index (κ1) is 15.1. The van der Waals surface area contributed by atoms with Crippen molar-refractivity contribution in [2.75, 3.05) is 6.61 Å². The third-order valence-corrected chi connectivity index (χ3v) is 4.87. The smallest absolute Gasteiger partial charge is 0.121 e. The van der Waals surface area contributed by atoms with E-state index in [4.69, 9.17) is 5.11 Å². The molecule has 0 spiro atoms. The average molecular weight is 300 g/mol. The molecule has 0 aliphatic heterocycles. The van der Waals surface area contributed by atoms with Gasteiger partial charge < -0.3 is 10.2 Å². The van der Waals surface area contributed by atoms with Gasteiger partial charge in [-0.25, -0.2) is 0 Å². The maximum Gasteiger partial charge on any atom is 0.121 e. The molecule has 0 bridgehead atoms. The minimum Gasteiger partial charge on any atom is -0.507 e. The third kappa shape index (κ3) is 2.41. The summed E-state index contributed by atoms with van der Waals surface area (Å²) in [5.74, 6) is 0.487. The summed E-state index contributed by atoms with van der Waals surface area (Å²) in [6.07, 6.45) is 4.02. The number of phenolic OH excluding ortho intramolecular Hbond substituents is 1. The quantitative estimate of drug-likeness (QED) is 0.912. The molecule has 1 aromatic heterocycles. The summed E-state index contributed by atoms with van der Waals surface area (Å²) >= 11 is 0. The van der Waals surface area contributed by atoms with E-state index in [1.165, 1.54) is 16.7 Å². The van der Waals surface area contributed by atoms with Crippen LogP contribution in [0, 0.1) is 20.8 Å². The highest BCUT2D eigenvalue weighted by Gasteiger charge is 2.22. The number of nitrogens with zero attached hydrogens (tertiary/aromatic N) is 2. The summed E-state index contributed by atoms with van der Waals surface area (Å²) in [4.78, 5) is 0. The van der Waals surface area contributed by atoms with Gasteiger partial charge in [0, 0.05) is 17.7 Å². The summed E-state index contributed by atoms with van der Waals surface area (Å²) in [6.45, 7) is 6.73. The Hall–Kier alpha value is -1.81. The number of aryl methyl sites for hydroxylation is 2. The van der Waals surface area contributed by atoms with E-state index in [-0.39, 0.29) is 6.61 Å². The van der Waals surface area contributed by atoms with Crippen LogP contribution in [0.1, 0.15) is 45.6 Å². The number of hydrogen-bond donors (Lipinski definition) is 2. The Kier molecular flexibility index (Phi) is 3.96. The first-order valence-electron chi connectivity index (χ1n) is 7.99. The van der Waals surface area contributed by atoms with Crippen LogP contribution in [0.4, 0.5) is 0 Å². The van der Waals surface area contributed by atoms with E-state index in [1.54, 1.807) is 0 Å². The van der Waals surface area contributed by atoms with E-state index in [9.17, 15) is 5.11 Å². The van der Waals surface area contributed by atoms with Crippen molar-refractivity contribution in [2.45, 2.75) is 53.0 Å². The lowest BCUT2D eigenvalue weighted by atomic mass is 9.93. The Morgan fingerprint density at radius 1 is 1.18 bits per heavy atom. The molecule has 1 aliphatic carbocycles. The molecule has 118 valence electrons. The van der Waals surface area contributed by atoms with Gasteiger partial charge in [0.2, 0.25) is 0 Å². The number of aromatic nitrogens is 2. The van der Waals surface area contributed by atoms with Crippen molar-refractivity contribution < 1.29 is 10.2 Å². The molecule has 0 atom stereocenters. The third-order valence-electron chi connectivity index (χ3n) is 4.87. The Bertz CT molecular complexity index is 717. The fourth-order valence-corrected chi connectivity index (χ4v) is 3.66. The molecule has 1 aromatic carbocycles. The predicted molar refractivity (Wildman–Crippen MR) is 86.5 cm³/mol. The second-order valence-corrected chi connectivity index (χ2v) is 6.28. The number of aliphatic hydroxyl groups excluding tert-OH is 1. The zero-order valence-electron chi connectivity index (χ0n) is 13.6. The lowest BCUT2D eigenvalue weighted by Crippen LogP contribution is -2.06. The number of hydrogen-bond acceptors (Lipinski definition) is 3. The molecule has 2 aromatic rings. The Morgan fingerprint density at radius 3 is 2.64 bits per heavy atom. The molecule has 0 saturated carbocycles. The van der Waals surface area contributed by atoms with E-state index in [1.807, 2.05) is 18.5 Å². The van der Waals surface area contributed by atoms with Crippen LogP contribution in [0.15, 0.2) is 6.07 Å². The summed E-state index contributed by atoms with van der Waals surface area (Å²) in [7, 11) is 0. The van der Waals surface area contributed by atoms with Crippen molar-refractivity contribution in [2.24, 2.45) is 0 Å². The second-order valence-electron chi connectivity index (χ2n) is 6.28. The lowest BCUT2D eigenvalue weighted by Gasteiger charge is -2.13. The number of aliphatic hydroxyl groups is 1. The van der Waals surface area contributed by atoms with Crippen LogP contribution in [0.5, 0.6) is 5.75 Å². The van der Waals surface area contributed by atoms with Gasteiger partial charge in [0.1, 0.15) is 5.75 Å². The summed E-state index contributed by atoms with van der Waals surface area (Å²) in [5, 5.41) is 23.9.